The zero-order chi connectivity index (χ0) is 18.7. The Balaban J connectivity index is 2.04. The van der Waals surface area contributed by atoms with Gasteiger partial charge in [-0.3, -0.25) is 4.79 Å². The number of rotatable bonds is 6. The van der Waals surface area contributed by atoms with Gasteiger partial charge in [-0.05, 0) is 50.3 Å². The summed E-state index contributed by atoms with van der Waals surface area (Å²) in [6.07, 6.45) is 8.71. The number of unbranched alkanes of at least 4 members (excludes halogenated alkanes) is 2. The van der Waals surface area contributed by atoms with E-state index in [1.807, 2.05) is 6.07 Å². The standard InChI is InChI=1S/C22H29NO3/c1-4-5-6-7-16-11-19-22(20(12-16)26-21(24)13-23)18-10-14(2)8-9-17(18)15(3)25-19/h10-12,17-18H,3-9,13,23H2,1-2H3/t17-,18+/m0/s1. The van der Waals surface area contributed by atoms with Crippen LogP contribution in [0, 0.1) is 5.92 Å². The lowest BCUT2D eigenvalue weighted by molar-refractivity contribution is -0.132. The average molecular weight is 355 g/mol. The van der Waals surface area contributed by atoms with Crippen molar-refractivity contribution in [2.45, 2.75) is 58.3 Å². The van der Waals surface area contributed by atoms with Gasteiger partial charge in [0.1, 0.15) is 17.3 Å². The largest absolute Gasteiger partial charge is 0.462 e. The normalized spacial score (nSPS) is 21.3. The van der Waals surface area contributed by atoms with Crippen molar-refractivity contribution in [2.75, 3.05) is 6.54 Å². The van der Waals surface area contributed by atoms with Crippen molar-refractivity contribution in [1.82, 2.24) is 0 Å². The molecule has 0 amide bonds. The molecule has 1 aliphatic heterocycles. The molecule has 1 aliphatic carbocycles. The highest BCUT2D eigenvalue weighted by atomic mass is 16.5. The van der Waals surface area contributed by atoms with Crippen LogP contribution in [-0.2, 0) is 11.2 Å². The predicted octanol–water partition coefficient (Wildman–Crippen LogP) is 4.63. The van der Waals surface area contributed by atoms with Crippen molar-refractivity contribution < 1.29 is 14.3 Å². The van der Waals surface area contributed by atoms with E-state index in [4.69, 9.17) is 15.2 Å². The lowest BCUT2D eigenvalue weighted by Gasteiger charge is -2.37. The average Bonchev–Trinajstić information content (AvgIpc) is 2.61. The molecule has 1 aromatic rings. The quantitative estimate of drug-likeness (QED) is 0.350. The van der Waals surface area contributed by atoms with E-state index in [9.17, 15) is 4.79 Å². The third-order valence-corrected chi connectivity index (χ3v) is 5.36. The fourth-order valence-electron chi connectivity index (χ4n) is 3.97. The van der Waals surface area contributed by atoms with Crippen molar-refractivity contribution in [3.05, 3.63) is 47.2 Å². The molecular weight excluding hydrogens is 326 g/mol. The minimum Gasteiger partial charge on any atom is -0.462 e. The first-order valence-electron chi connectivity index (χ1n) is 9.65. The molecule has 0 bridgehead atoms. The molecule has 0 fully saturated rings. The van der Waals surface area contributed by atoms with Gasteiger partial charge in [-0.15, -0.1) is 0 Å². The minimum atomic E-state index is -0.421. The Morgan fingerprint density at radius 2 is 2.19 bits per heavy atom. The fourth-order valence-corrected chi connectivity index (χ4v) is 3.97. The molecule has 0 spiro atoms. The molecule has 2 aliphatic rings. The number of carbonyl (C=O) groups excluding carboxylic acids is 1. The van der Waals surface area contributed by atoms with Crippen molar-refractivity contribution in [3.8, 4) is 11.5 Å². The van der Waals surface area contributed by atoms with Gasteiger partial charge >= 0.3 is 5.97 Å². The van der Waals surface area contributed by atoms with Crippen LogP contribution in [0.2, 0.25) is 0 Å². The van der Waals surface area contributed by atoms with Gasteiger partial charge in [-0.1, -0.05) is 38.0 Å². The Bertz CT molecular complexity index is 735. The summed E-state index contributed by atoms with van der Waals surface area (Å²) in [5.74, 6) is 2.13. The highest BCUT2D eigenvalue weighted by Gasteiger charge is 2.37. The molecule has 4 heteroatoms. The summed E-state index contributed by atoms with van der Waals surface area (Å²) in [5, 5.41) is 0. The van der Waals surface area contributed by atoms with Gasteiger partial charge in [0, 0.05) is 17.4 Å². The van der Waals surface area contributed by atoms with Gasteiger partial charge in [-0.25, -0.2) is 0 Å². The van der Waals surface area contributed by atoms with E-state index in [1.165, 1.54) is 18.4 Å². The van der Waals surface area contributed by atoms with Crippen molar-refractivity contribution in [2.24, 2.45) is 11.7 Å². The molecule has 2 N–H and O–H groups in total. The first-order chi connectivity index (χ1) is 12.5. The van der Waals surface area contributed by atoms with Crippen LogP contribution in [0.25, 0.3) is 0 Å². The van der Waals surface area contributed by atoms with E-state index in [1.54, 1.807) is 0 Å². The third-order valence-electron chi connectivity index (χ3n) is 5.36. The summed E-state index contributed by atoms with van der Waals surface area (Å²) in [6.45, 7) is 8.36. The molecule has 0 radical (unpaired) electrons. The second kappa shape index (κ2) is 8.09. The summed E-state index contributed by atoms with van der Waals surface area (Å²) in [6, 6.07) is 4.08. The van der Waals surface area contributed by atoms with Gasteiger partial charge in [0.15, 0.2) is 0 Å². The van der Waals surface area contributed by atoms with Crippen molar-refractivity contribution in [3.63, 3.8) is 0 Å². The summed E-state index contributed by atoms with van der Waals surface area (Å²) in [5.41, 5.74) is 8.92. The molecule has 2 atom stereocenters. The Kier molecular flexibility index (Phi) is 5.82. The molecule has 4 nitrogen and oxygen atoms in total. The van der Waals surface area contributed by atoms with Crippen LogP contribution in [0.1, 0.15) is 63.0 Å². The Labute approximate surface area is 156 Å². The monoisotopic (exact) mass is 355 g/mol. The Morgan fingerprint density at radius 1 is 1.38 bits per heavy atom. The van der Waals surface area contributed by atoms with Gasteiger partial charge in [0.25, 0.3) is 0 Å². The van der Waals surface area contributed by atoms with E-state index >= 15 is 0 Å². The summed E-state index contributed by atoms with van der Waals surface area (Å²) in [4.78, 5) is 11.9. The van der Waals surface area contributed by atoms with Crippen LogP contribution >= 0.6 is 0 Å². The van der Waals surface area contributed by atoms with Crippen LogP contribution in [0.4, 0.5) is 0 Å². The SMILES string of the molecule is C=C1Oc2cc(CCCCC)cc(OC(=O)CN)c2[C@@H]2C=C(C)CC[C@@H]12. The number of esters is 1. The Morgan fingerprint density at radius 3 is 2.92 bits per heavy atom. The zero-order valence-corrected chi connectivity index (χ0v) is 15.8. The summed E-state index contributed by atoms with van der Waals surface area (Å²) >= 11 is 0. The topological polar surface area (TPSA) is 61.5 Å². The smallest absolute Gasteiger partial charge is 0.325 e. The number of benzene rings is 1. The molecule has 140 valence electrons. The van der Waals surface area contributed by atoms with Gasteiger partial charge < -0.3 is 15.2 Å². The minimum absolute atomic E-state index is 0.134. The molecule has 1 heterocycles. The molecule has 3 rings (SSSR count). The first-order valence-corrected chi connectivity index (χ1v) is 9.65. The van der Waals surface area contributed by atoms with Gasteiger partial charge in [0.05, 0.1) is 6.54 Å². The Hall–Kier alpha value is -2.07. The van der Waals surface area contributed by atoms with Crippen LogP contribution in [0.3, 0.4) is 0 Å². The molecular formula is C22H29NO3. The van der Waals surface area contributed by atoms with Gasteiger partial charge in [-0.2, -0.15) is 0 Å². The van der Waals surface area contributed by atoms with Crippen LogP contribution in [0.5, 0.6) is 11.5 Å². The zero-order valence-electron chi connectivity index (χ0n) is 15.8. The number of carbonyl (C=O) groups is 1. The maximum absolute atomic E-state index is 11.9. The number of fused-ring (bicyclic) bond motifs is 3. The lowest BCUT2D eigenvalue weighted by Crippen LogP contribution is -2.27. The van der Waals surface area contributed by atoms with Crippen LogP contribution in [0.15, 0.2) is 36.1 Å². The highest BCUT2D eigenvalue weighted by molar-refractivity contribution is 5.75. The number of allylic oxidation sites excluding steroid dienone is 3. The van der Waals surface area contributed by atoms with E-state index in [2.05, 4.69) is 32.6 Å². The second-order valence-electron chi connectivity index (χ2n) is 7.39. The molecule has 0 saturated heterocycles. The molecule has 0 saturated carbocycles. The predicted molar refractivity (Wildman–Crippen MR) is 103 cm³/mol. The summed E-state index contributed by atoms with van der Waals surface area (Å²) in [7, 11) is 0. The highest BCUT2D eigenvalue weighted by Crippen LogP contribution is 2.51. The van der Waals surface area contributed by atoms with E-state index in [-0.39, 0.29) is 18.4 Å². The number of aryl methyl sites for hydroxylation is 1. The third kappa shape index (κ3) is 3.85. The van der Waals surface area contributed by atoms with Gasteiger partial charge in [0.2, 0.25) is 0 Å². The second-order valence-corrected chi connectivity index (χ2v) is 7.39. The number of hydrogen-bond donors (Lipinski definition) is 1. The van der Waals surface area contributed by atoms with E-state index < -0.39 is 5.97 Å². The molecule has 0 aromatic heterocycles. The van der Waals surface area contributed by atoms with E-state index in [0.717, 1.165) is 48.3 Å². The lowest BCUT2D eigenvalue weighted by atomic mass is 9.74. The summed E-state index contributed by atoms with van der Waals surface area (Å²) < 4.78 is 11.7. The molecule has 26 heavy (non-hydrogen) atoms. The molecule has 0 unspecified atom stereocenters. The molecule has 1 aromatic carbocycles. The maximum atomic E-state index is 11.9. The van der Waals surface area contributed by atoms with Crippen LogP contribution < -0.4 is 15.2 Å². The maximum Gasteiger partial charge on any atom is 0.325 e. The number of nitrogens with two attached hydrogens (primary N) is 1. The van der Waals surface area contributed by atoms with Crippen LogP contribution in [-0.4, -0.2) is 12.5 Å². The van der Waals surface area contributed by atoms with Crippen molar-refractivity contribution >= 4 is 5.97 Å². The number of ether oxygens (including phenoxy) is 2. The fraction of sp³-hybridized carbons (Fsp3) is 0.500. The first kappa shape index (κ1) is 18.7. The van der Waals surface area contributed by atoms with Crippen molar-refractivity contribution in [1.29, 1.82) is 0 Å². The number of hydrogen-bond acceptors (Lipinski definition) is 4. The van der Waals surface area contributed by atoms with E-state index in [0.29, 0.717) is 5.75 Å².